The molecule has 0 aromatic carbocycles. The van der Waals surface area contributed by atoms with Crippen LogP contribution in [0.3, 0.4) is 0 Å². The summed E-state index contributed by atoms with van der Waals surface area (Å²) in [7, 11) is 1.71. The SMILES string of the molecule is CN(CC1(O)CCOCC1)C(=O)c1csc(C#CCN)c1. The minimum atomic E-state index is -0.846. The second-order valence-corrected chi connectivity index (χ2v) is 6.11. The molecular formula is C15H20N2O3S. The summed E-state index contributed by atoms with van der Waals surface area (Å²) in [5.74, 6) is 5.58. The summed E-state index contributed by atoms with van der Waals surface area (Å²) in [5.41, 5.74) is 5.08. The minimum Gasteiger partial charge on any atom is -0.388 e. The molecule has 2 heterocycles. The molecule has 5 nitrogen and oxygen atoms in total. The Morgan fingerprint density at radius 2 is 2.29 bits per heavy atom. The maximum atomic E-state index is 12.4. The molecule has 0 spiro atoms. The van der Waals surface area contributed by atoms with Crippen molar-refractivity contribution in [1.29, 1.82) is 0 Å². The lowest BCUT2D eigenvalue weighted by molar-refractivity contribution is -0.0734. The fraction of sp³-hybridized carbons (Fsp3) is 0.533. The lowest BCUT2D eigenvalue weighted by Gasteiger charge is -2.35. The van der Waals surface area contributed by atoms with Crippen molar-refractivity contribution in [3.05, 3.63) is 21.9 Å². The molecule has 6 heteroatoms. The van der Waals surface area contributed by atoms with Gasteiger partial charge in [0.15, 0.2) is 0 Å². The average Bonchev–Trinajstić information content (AvgIpc) is 2.93. The van der Waals surface area contributed by atoms with E-state index in [1.165, 1.54) is 11.3 Å². The van der Waals surface area contributed by atoms with Crippen LogP contribution in [-0.4, -0.2) is 54.9 Å². The molecule has 0 unspecified atom stereocenters. The van der Waals surface area contributed by atoms with Crippen molar-refractivity contribution in [2.75, 3.05) is 33.4 Å². The third kappa shape index (κ3) is 4.29. The Balaban J connectivity index is 2.00. The fourth-order valence-electron chi connectivity index (χ4n) is 2.30. The van der Waals surface area contributed by atoms with E-state index >= 15 is 0 Å². The van der Waals surface area contributed by atoms with E-state index in [-0.39, 0.29) is 5.91 Å². The van der Waals surface area contributed by atoms with Crippen LogP contribution in [0.4, 0.5) is 0 Å². The highest BCUT2D eigenvalue weighted by molar-refractivity contribution is 7.10. The van der Waals surface area contributed by atoms with Crippen molar-refractivity contribution in [3.8, 4) is 11.8 Å². The van der Waals surface area contributed by atoms with Gasteiger partial charge in [0.1, 0.15) is 0 Å². The van der Waals surface area contributed by atoms with Crippen molar-refractivity contribution in [1.82, 2.24) is 4.90 Å². The quantitative estimate of drug-likeness (QED) is 0.805. The number of hydrogen-bond donors (Lipinski definition) is 2. The number of hydrogen-bond acceptors (Lipinski definition) is 5. The number of carbonyl (C=O) groups is 1. The summed E-state index contributed by atoms with van der Waals surface area (Å²) in [6, 6.07) is 1.76. The maximum Gasteiger partial charge on any atom is 0.254 e. The van der Waals surface area contributed by atoms with Crippen LogP contribution in [0, 0.1) is 11.8 Å². The first kappa shape index (κ1) is 16.0. The highest BCUT2D eigenvalue weighted by Crippen LogP contribution is 2.22. The Hall–Kier alpha value is -1.39. The van der Waals surface area contributed by atoms with Crippen molar-refractivity contribution >= 4 is 17.2 Å². The molecule has 1 fully saturated rings. The number of likely N-dealkylation sites (N-methyl/N-ethyl adjacent to an activating group) is 1. The first-order chi connectivity index (χ1) is 10.0. The van der Waals surface area contributed by atoms with Crippen molar-refractivity contribution in [2.24, 2.45) is 5.73 Å². The van der Waals surface area contributed by atoms with Crippen LogP contribution >= 0.6 is 11.3 Å². The zero-order chi connectivity index (χ0) is 15.3. The molecule has 1 aliphatic heterocycles. The number of carbonyl (C=O) groups excluding carboxylic acids is 1. The van der Waals surface area contributed by atoms with Gasteiger partial charge in [-0.1, -0.05) is 11.8 Å². The second kappa shape index (κ2) is 7.05. The highest BCUT2D eigenvalue weighted by Gasteiger charge is 2.32. The van der Waals surface area contributed by atoms with Gasteiger partial charge >= 0.3 is 0 Å². The van der Waals surface area contributed by atoms with Crippen LogP contribution in [0.25, 0.3) is 0 Å². The molecule has 0 atom stereocenters. The number of nitrogens with two attached hydrogens (primary N) is 1. The first-order valence-corrected chi connectivity index (χ1v) is 7.75. The predicted octanol–water partition coefficient (Wildman–Crippen LogP) is 0.672. The number of amides is 1. The largest absolute Gasteiger partial charge is 0.388 e. The van der Waals surface area contributed by atoms with E-state index in [0.29, 0.717) is 44.7 Å². The number of rotatable bonds is 3. The smallest absolute Gasteiger partial charge is 0.254 e. The number of ether oxygens (including phenoxy) is 1. The van der Waals surface area contributed by atoms with E-state index in [2.05, 4.69) is 11.8 Å². The van der Waals surface area contributed by atoms with Crippen molar-refractivity contribution in [3.63, 3.8) is 0 Å². The number of nitrogens with zero attached hydrogens (tertiary/aromatic N) is 1. The van der Waals surface area contributed by atoms with Gasteiger partial charge in [0.2, 0.25) is 0 Å². The summed E-state index contributed by atoms with van der Waals surface area (Å²) in [6.45, 7) is 1.69. The summed E-state index contributed by atoms with van der Waals surface area (Å²) < 4.78 is 5.25. The Morgan fingerprint density at radius 1 is 1.57 bits per heavy atom. The third-order valence-electron chi connectivity index (χ3n) is 3.46. The van der Waals surface area contributed by atoms with Crippen LogP contribution in [0.15, 0.2) is 11.4 Å². The van der Waals surface area contributed by atoms with Gasteiger partial charge in [0.05, 0.1) is 22.6 Å². The fourth-order valence-corrected chi connectivity index (χ4v) is 3.04. The van der Waals surface area contributed by atoms with E-state index in [9.17, 15) is 9.90 Å². The molecular weight excluding hydrogens is 288 g/mol. The van der Waals surface area contributed by atoms with Gasteiger partial charge in [-0.15, -0.1) is 11.3 Å². The summed E-state index contributed by atoms with van der Waals surface area (Å²) in [6.07, 6.45) is 1.11. The van der Waals surface area contributed by atoms with Gasteiger partial charge in [-0.2, -0.15) is 0 Å². The molecule has 2 rings (SSSR count). The zero-order valence-electron chi connectivity index (χ0n) is 12.1. The van der Waals surface area contributed by atoms with Crippen LogP contribution in [-0.2, 0) is 4.74 Å². The van der Waals surface area contributed by atoms with E-state index in [4.69, 9.17) is 10.5 Å². The molecule has 0 saturated carbocycles. The topological polar surface area (TPSA) is 75.8 Å². The summed E-state index contributed by atoms with van der Waals surface area (Å²) in [5, 5.41) is 12.2. The predicted molar refractivity (Wildman–Crippen MR) is 82.2 cm³/mol. The van der Waals surface area contributed by atoms with E-state index in [1.54, 1.807) is 23.4 Å². The average molecular weight is 308 g/mol. The van der Waals surface area contributed by atoms with Crippen LogP contribution in [0.5, 0.6) is 0 Å². The Morgan fingerprint density at radius 3 is 2.95 bits per heavy atom. The highest BCUT2D eigenvalue weighted by atomic mass is 32.1. The van der Waals surface area contributed by atoms with Crippen LogP contribution < -0.4 is 5.73 Å². The molecule has 0 bridgehead atoms. The molecule has 114 valence electrons. The van der Waals surface area contributed by atoms with Gasteiger partial charge in [0.25, 0.3) is 5.91 Å². The molecule has 0 radical (unpaired) electrons. The summed E-state index contributed by atoms with van der Waals surface area (Å²) >= 11 is 1.42. The Labute approximate surface area is 128 Å². The zero-order valence-corrected chi connectivity index (χ0v) is 12.9. The lowest BCUT2D eigenvalue weighted by atomic mass is 9.94. The molecule has 1 aromatic heterocycles. The molecule has 1 aromatic rings. The Kier molecular flexibility index (Phi) is 5.37. The van der Waals surface area contributed by atoms with E-state index in [1.807, 2.05) is 0 Å². The maximum absolute atomic E-state index is 12.4. The molecule has 1 amide bonds. The molecule has 21 heavy (non-hydrogen) atoms. The van der Waals surface area contributed by atoms with Gasteiger partial charge < -0.3 is 20.5 Å². The standard InChI is InChI=1S/C15H20N2O3S/c1-17(11-15(19)4-7-20-8-5-15)14(18)12-9-13(21-10-12)3-2-6-16/h9-10,19H,4-8,11,16H2,1H3. The van der Waals surface area contributed by atoms with Gasteiger partial charge in [0, 0.05) is 45.0 Å². The van der Waals surface area contributed by atoms with E-state index in [0.717, 1.165) is 4.88 Å². The van der Waals surface area contributed by atoms with E-state index < -0.39 is 5.60 Å². The number of thiophene rings is 1. The Bertz CT molecular complexity index is 553. The summed E-state index contributed by atoms with van der Waals surface area (Å²) in [4.78, 5) is 14.7. The number of aliphatic hydroxyl groups is 1. The van der Waals surface area contributed by atoms with Crippen LogP contribution in [0.1, 0.15) is 28.1 Å². The molecule has 3 N–H and O–H groups in total. The first-order valence-electron chi connectivity index (χ1n) is 6.87. The minimum absolute atomic E-state index is 0.105. The molecule has 0 aliphatic carbocycles. The van der Waals surface area contributed by atoms with Gasteiger partial charge in [-0.05, 0) is 6.07 Å². The van der Waals surface area contributed by atoms with Crippen molar-refractivity contribution in [2.45, 2.75) is 18.4 Å². The normalized spacial score (nSPS) is 16.9. The molecule has 1 saturated heterocycles. The molecule has 1 aliphatic rings. The second-order valence-electron chi connectivity index (χ2n) is 5.20. The lowest BCUT2D eigenvalue weighted by Crippen LogP contribution is -2.47. The monoisotopic (exact) mass is 308 g/mol. The van der Waals surface area contributed by atoms with Gasteiger partial charge in [-0.3, -0.25) is 4.79 Å². The third-order valence-corrected chi connectivity index (χ3v) is 4.31. The van der Waals surface area contributed by atoms with Crippen LogP contribution in [0.2, 0.25) is 0 Å². The van der Waals surface area contributed by atoms with Gasteiger partial charge in [-0.25, -0.2) is 0 Å². The van der Waals surface area contributed by atoms with Crippen molar-refractivity contribution < 1.29 is 14.6 Å².